The van der Waals surface area contributed by atoms with Crippen LogP contribution in [0.3, 0.4) is 0 Å². The fraction of sp³-hybridized carbons (Fsp3) is 0.552. The molecule has 0 bridgehead atoms. The van der Waals surface area contributed by atoms with E-state index in [0.29, 0.717) is 35.6 Å². The molecule has 3 atom stereocenters. The average molecular weight is 496 g/mol. The molecule has 194 valence electrons. The first-order chi connectivity index (χ1) is 17.3. The molecule has 7 heteroatoms. The number of carbonyl (C=O) groups is 3. The third kappa shape index (κ3) is 5.20. The Labute approximate surface area is 213 Å². The van der Waals surface area contributed by atoms with Crippen LogP contribution in [-0.2, 0) is 23.9 Å². The van der Waals surface area contributed by atoms with Crippen LogP contribution in [0.1, 0.15) is 77.2 Å². The highest BCUT2D eigenvalue weighted by atomic mass is 16.5. The lowest BCUT2D eigenvalue weighted by Gasteiger charge is -2.38. The number of allylic oxidation sites excluding steroid dienone is 3. The molecule has 0 amide bonds. The number of ether oxygens (including phenoxy) is 3. The second-order valence-corrected chi connectivity index (χ2v) is 10.1. The molecule has 1 heterocycles. The highest BCUT2D eigenvalue weighted by molar-refractivity contribution is 6.12. The van der Waals surface area contributed by atoms with Crippen molar-refractivity contribution < 1.29 is 28.6 Å². The van der Waals surface area contributed by atoms with Crippen LogP contribution in [-0.4, -0.2) is 37.5 Å². The van der Waals surface area contributed by atoms with Crippen LogP contribution in [0.2, 0.25) is 0 Å². The maximum Gasteiger partial charge on any atom is 0.337 e. The molecule has 36 heavy (non-hydrogen) atoms. The van der Waals surface area contributed by atoms with Gasteiger partial charge >= 0.3 is 11.9 Å². The van der Waals surface area contributed by atoms with Gasteiger partial charge in [0.05, 0.1) is 19.3 Å². The van der Waals surface area contributed by atoms with E-state index in [1.807, 2.05) is 45.0 Å². The average Bonchev–Trinajstić information content (AvgIpc) is 3.12. The topological polar surface area (TPSA) is 90.9 Å². The zero-order valence-corrected chi connectivity index (χ0v) is 21.7. The summed E-state index contributed by atoms with van der Waals surface area (Å²) in [4.78, 5) is 40.2. The Morgan fingerprint density at radius 2 is 1.83 bits per heavy atom. The molecule has 1 aromatic rings. The zero-order chi connectivity index (χ0) is 25.8. The van der Waals surface area contributed by atoms with Gasteiger partial charge < -0.3 is 19.5 Å². The van der Waals surface area contributed by atoms with E-state index in [9.17, 15) is 14.4 Å². The van der Waals surface area contributed by atoms with Crippen molar-refractivity contribution in [3.05, 3.63) is 52.4 Å². The molecule has 1 fully saturated rings. The molecule has 7 nitrogen and oxygen atoms in total. The molecule has 0 spiro atoms. The van der Waals surface area contributed by atoms with E-state index < -0.39 is 23.8 Å². The van der Waals surface area contributed by atoms with Gasteiger partial charge in [-0.2, -0.15) is 0 Å². The van der Waals surface area contributed by atoms with Crippen molar-refractivity contribution in [2.24, 2.45) is 11.8 Å². The van der Waals surface area contributed by atoms with Crippen molar-refractivity contribution >= 4 is 17.7 Å². The monoisotopic (exact) mass is 495 g/mol. The molecule has 4 rings (SSSR count). The molecule has 3 aliphatic rings. The third-order valence-corrected chi connectivity index (χ3v) is 7.54. The molecule has 1 saturated carbocycles. The Morgan fingerprint density at radius 3 is 2.50 bits per heavy atom. The Bertz CT molecular complexity index is 1080. The van der Waals surface area contributed by atoms with E-state index in [-0.39, 0.29) is 17.8 Å². The van der Waals surface area contributed by atoms with Gasteiger partial charge in [-0.05, 0) is 69.6 Å². The summed E-state index contributed by atoms with van der Waals surface area (Å²) in [5.74, 6) is -2.40. The molecular weight excluding hydrogens is 458 g/mol. The van der Waals surface area contributed by atoms with E-state index in [0.717, 1.165) is 49.8 Å². The van der Waals surface area contributed by atoms with Crippen molar-refractivity contribution in [1.82, 2.24) is 5.32 Å². The van der Waals surface area contributed by atoms with Gasteiger partial charge in [-0.3, -0.25) is 9.59 Å². The summed E-state index contributed by atoms with van der Waals surface area (Å²) in [7, 11) is 1.30. The minimum atomic E-state index is -0.911. The molecule has 0 unspecified atom stereocenters. The molecule has 0 saturated heterocycles. The number of nitrogens with one attached hydrogen (secondary N) is 1. The molecule has 0 aromatic heterocycles. The first-order valence-corrected chi connectivity index (χ1v) is 13.1. The first kappa shape index (κ1) is 26.0. The predicted molar refractivity (Wildman–Crippen MR) is 135 cm³/mol. The van der Waals surface area contributed by atoms with Crippen molar-refractivity contribution in [3.8, 4) is 5.75 Å². The van der Waals surface area contributed by atoms with E-state index in [2.05, 4.69) is 5.32 Å². The van der Waals surface area contributed by atoms with E-state index >= 15 is 0 Å². The summed E-state index contributed by atoms with van der Waals surface area (Å²) < 4.78 is 16.8. The van der Waals surface area contributed by atoms with E-state index in [4.69, 9.17) is 14.2 Å². The number of hydrogen-bond acceptors (Lipinski definition) is 7. The van der Waals surface area contributed by atoms with Gasteiger partial charge in [0.1, 0.15) is 17.8 Å². The van der Waals surface area contributed by atoms with E-state index in [1.54, 1.807) is 0 Å². The van der Waals surface area contributed by atoms with Crippen LogP contribution < -0.4 is 10.1 Å². The zero-order valence-electron chi connectivity index (χ0n) is 21.7. The fourth-order valence-corrected chi connectivity index (χ4v) is 5.81. The molecule has 2 aliphatic carbocycles. The van der Waals surface area contributed by atoms with Crippen LogP contribution in [0.4, 0.5) is 0 Å². The summed E-state index contributed by atoms with van der Waals surface area (Å²) in [6, 6.07) is 7.48. The summed E-state index contributed by atoms with van der Waals surface area (Å²) in [6.45, 7) is 6.14. The second kappa shape index (κ2) is 11.3. The lowest BCUT2D eigenvalue weighted by atomic mass is 9.69. The number of ketones is 1. The van der Waals surface area contributed by atoms with Crippen molar-refractivity contribution in [2.45, 2.75) is 77.7 Å². The van der Waals surface area contributed by atoms with Gasteiger partial charge in [0.2, 0.25) is 0 Å². The maximum absolute atomic E-state index is 13.9. The largest absolute Gasteiger partial charge is 0.494 e. The first-order valence-electron chi connectivity index (χ1n) is 13.1. The summed E-state index contributed by atoms with van der Waals surface area (Å²) >= 11 is 0. The predicted octanol–water partition coefficient (Wildman–Crippen LogP) is 4.96. The van der Waals surface area contributed by atoms with Crippen molar-refractivity contribution in [2.75, 3.05) is 13.7 Å². The fourth-order valence-electron chi connectivity index (χ4n) is 5.81. The summed E-state index contributed by atoms with van der Waals surface area (Å²) in [5.41, 5.74) is 3.04. The molecule has 1 aliphatic heterocycles. The van der Waals surface area contributed by atoms with Crippen LogP contribution in [0, 0.1) is 11.8 Å². The number of esters is 2. The third-order valence-electron chi connectivity index (χ3n) is 7.54. The second-order valence-electron chi connectivity index (χ2n) is 10.1. The number of hydrogen-bond donors (Lipinski definition) is 1. The SMILES string of the molecule is CCOc1cccc([C@@H]2C(C(=O)OC3CCCCCC3)=C(C)NC3=C2C(=O)[C@@H](C(=O)OC)[C@H](C)C3)c1. The van der Waals surface area contributed by atoms with Gasteiger partial charge in [0.15, 0.2) is 5.78 Å². The Morgan fingerprint density at radius 1 is 1.11 bits per heavy atom. The summed E-state index contributed by atoms with van der Waals surface area (Å²) in [6.07, 6.45) is 6.47. The summed E-state index contributed by atoms with van der Waals surface area (Å²) in [5, 5.41) is 3.33. The number of rotatable bonds is 6. The smallest absolute Gasteiger partial charge is 0.337 e. The standard InChI is InChI=1S/C29H37NO6/c1-5-35-21-14-10-11-19(16-21)25-24(29(33)36-20-12-8-6-7-9-13-20)18(3)30-22-15-17(2)23(28(32)34-4)27(31)26(22)25/h10-11,14,16-17,20,23,25,30H,5-9,12-13,15H2,1-4H3/t17-,23+,25-/m1/s1. The normalized spacial score (nSPS) is 25.0. The molecule has 0 radical (unpaired) electrons. The number of methoxy groups -OCH3 is 1. The highest BCUT2D eigenvalue weighted by Crippen LogP contribution is 2.46. The Kier molecular flexibility index (Phi) is 8.17. The number of dihydropyridines is 1. The molecule has 1 aromatic carbocycles. The molecular formula is C29H37NO6. The highest BCUT2D eigenvalue weighted by Gasteiger charge is 2.47. The van der Waals surface area contributed by atoms with Crippen molar-refractivity contribution in [3.63, 3.8) is 0 Å². The van der Waals surface area contributed by atoms with Crippen molar-refractivity contribution in [1.29, 1.82) is 0 Å². The number of carbonyl (C=O) groups excluding carboxylic acids is 3. The minimum Gasteiger partial charge on any atom is -0.494 e. The van der Waals surface area contributed by atoms with Gasteiger partial charge in [0, 0.05) is 22.9 Å². The number of benzene rings is 1. The van der Waals surface area contributed by atoms with Gasteiger partial charge in [-0.25, -0.2) is 4.79 Å². The quantitative estimate of drug-likeness (QED) is 0.339. The Balaban J connectivity index is 1.78. The Hall–Kier alpha value is -3.09. The lowest BCUT2D eigenvalue weighted by molar-refractivity contribution is -0.151. The van der Waals surface area contributed by atoms with E-state index in [1.165, 1.54) is 7.11 Å². The van der Waals surface area contributed by atoms with Crippen LogP contribution in [0.15, 0.2) is 46.8 Å². The van der Waals surface area contributed by atoms with Gasteiger partial charge in [-0.1, -0.05) is 31.9 Å². The van der Waals surface area contributed by atoms with Crippen LogP contribution >= 0.6 is 0 Å². The number of Topliss-reactive ketones (excluding diaryl/α,β-unsaturated/α-hetero) is 1. The van der Waals surface area contributed by atoms with Gasteiger partial charge in [0.25, 0.3) is 0 Å². The molecule has 1 N–H and O–H groups in total. The maximum atomic E-state index is 13.9. The van der Waals surface area contributed by atoms with Crippen LogP contribution in [0.25, 0.3) is 0 Å². The van der Waals surface area contributed by atoms with Crippen LogP contribution in [0.5, 0.6) is 5.75 Å². The lowest BCUT2D eigenvalue weighted by Crippen LogP contribution is -2.43. The minimum absolute atomic E-state index is 0.129. The van der Waals surface area contributed by atoms with Gasteiger partial charge in [-0.15, -0.1) is 0 Å².